The van der Waals surface area contributed by atoms with Gasteiger partial charge in [0, 0.05) is 25.7 Å². The number of carboxylic acid groups (broad SMARTS) is 3. The van der Waals surface area contributed by atoms with Crippen molar-refractivity contribution in [3.63, 3.8) is 0 Å². The van der Waals surface area contributed by atoms with Crippen LogP contribution in [0.15, 0.2) is 47.1 Å². The van der Waals surface area contributed by atoms with Gasteiger partial charge in [-0.2, -0.15) is 0 Å². The first-order valence-corrected chi connectivity index (χ1v) is 20.0. The predicted octanol–water partition coefficient (Wildman–Crippen LogP) is 0.859. The van der Waals surface area contributed by atoms with Crippen LogP contribution in [0.5, 0.6) is 0 Å². The number of carboxylic acids is 3. The molecule has 0 bridgehead atoms. The number of hydrogen-bond donors (Lipinski definition) is 8. The minimum Gasteiger partial charge on any atom is -0.481 e. The summed E-state index contributed by atoms with van der Waals surface area (Å²) in [5, 5.41) is 38.0. The van der Waals surface area contributed by atoms with E-state index in [2.05, 4.69) is 21.3 Å². The number of nitrogens with two attached hydrogens (primary N) is 1. The molecule has 0 aliphatic carbocycles. The highest BCUT2D eigenvalue weighted by molar-refractivity contribution is 6.05. The SMILES string of the molecule is Cc1ccccc1C[C@H](NC(=O)[C@H](CCC(=O)O)NC(=O)[C@@H](N)CC(=O)O)C(=O)N(C(=O)CCC(=O)O)[C@H](C(=O)N[C@@H](CC(C)C)C(=O)NC(C=O)Cc1ccco1)C(C)(C)C. The molecule has 0 aliphatic rings. The van der Waals surface area contributed by atoms with Gasteiger partial charge in [0.15, 0.2) is 0 Å². The Morgan fingerprint density at radius 1 is 0.742 bits per heavy atom. The monoisotopic (exact) mass is 870 g/mol. The van der Waals surface area contributed by atoms with E-state index in [9.17, 15) is 53.4 Å². The van der Waals surface area contributed by atoms with Gasteiger partial charge in [0.05, 0.1) is 31.2 Å². The zero-order valence-electron chi connectivity index (χ0n) is 35.7. The van der Waals surface area contributed by atoms with Gasteiger partial charge in [-0.05, 0) is 54.4 Å². The maximum atomic E-state index is 15.0. The fourth-order valence-electron chi connectivity index (χ4n) is 6.44. The molecule has 0 radical (unpaired) electrons. The van der Waals surface area contributed by atoms with Crippen LogP contribution in [0.3, 0.4) is 0 Å². The summed E-state index contributed by atoms with van der Waals surface area (Å²) in [7, 11) is 0. The lowest BCUT2D eigenvalue weighted by Crippen LogP contribution is -2.64. The smallest absolute Gasteiger partial charge is 0.305 e. The highest BCUT2D eigenvalue weighted by atomic mass is 16.4. The number of hydrogen-bond acceptors (Lipinski definition) is 12. The molecule has 0 saturated heterocycles. The highest BCUT2D eigenvalue weighted by Gasteiger charge is 2.46. The Labute approximate surface area is 358 Å². The Bertz CT molecular complexity index is 1930. The average molecular weight is 871 g/mol. The molecule has 1 unspecified atom stereocenters. The van der Waals surface area contributed by atoms with Crippen molar-refractivity contribution in [1.82, 2.24) is 26.2 Å². The molecular formula is C42H58N6O14. The molecule has 0 spiro atoms. The van der Waals surface area contributed by atoms with Crippen molar-refractivity contribution in [2.24, 2.45) is 17.1 Å². The van der Waals surface area contributed by atoms with E-state index < -0.39 is 127 Å². The van der Waals surface area contributed by atoms with Gasteiger partial charge in [-0.3, -0.25) is 48.1 Å². The molecule has 9 N–H and O–H groups in total. The number of amides is 6. The number of nitrogens with zero attached hydrogens (tertiary/aromatic N) is 1. The van der Waals surface area contributed by atoms with E-state index in [1.165, 1.54) is 27.0 Å². The normalized spacial score (nSPS) is 14.2. The van der Waals surface area contributed by atoms with Crippen molar-refractivity contribution >= 4 is 59.6 Å². The third-order valence-corrected chi connectivity index (χ3v) is 9.53. The lowest BCUT2D eigenvalue weighted by Gasteiger charge is -2.40. The second-order valence-electron chi connectivity index (χ2n) is 16.4. The summed E-state index contributed by atoms with van der Waals surface area (Å²) in [6.45, 7) is 9.77. The molecule has 340 valence electrons. The van der Waals surface area contributed by atoms with Crippen LogP contribution in [-0.4, -0.2) is 116 Å². The number of imide groups is 1. The van der Waals surface area contributed by atoms with Crippen LogP contribution in [0, 0.1) is 18.3 Å². The second-order valence-corrected chi connectivity index (χ2v) is 16.4. The van der Waals surface area contributed by atoms with E-state index in [1.807, 2.05) is 0 Å². The maximum absolute atomic E-state index is 15.0. The molecule has 1 aromatic heterocycles. The molecule has 2 aromatic rings. The van der Waals surface area contributed by atoms with Crippen molar-refractivity contribution in [2.45, 2.75) is 129 Å². The van der Waals surface area contributed by atoms with Crippen molar-refractivity contribution in [3.05, 3.63) is 59.5 Å². The minimum atomic E-state index is -1.77. The van der Waals surface area contributed by atoms with Gasteiger partial charge >= 0.3 is 17.9 Å². The molecule has 2 rings (SSSR count). The lowest BCUT2D eigenvalue weighted by molar-refractivity contribution is -0.159. The molecule has 0 aliphatic heterocycles. The summed E-state index contributed by atoms with van der Waals surface area (Å²) < 4.78 is 5.29. The topological polar surface area (TPSA) is 322 Å². The Hall–Kier alpha value is -6.44. The number of carbonyl (C=O) groups is 10. The largest absolute Gasteiger partial charge is 0.481 e. The molecule has 1 heterocycles. The number of furan rings is 1. The van der Waals surface area contributed by atoms with E-state index >= 15 is 4.79 Å². The quantitative estimate of drug-likeness (QED) is 0.0642. The summed E-state index contributed by atoms with van der Waals surface area (Å²) in [6.07, 6.45) is -2.01. The zero-order valence-corrected chi connectivity index (χ0v) is 35.7. The summed E-state index contributed by atoms with van der Waals surface area (Å²) in [5.41, 5.74) is 5.46. The van der Waals surface area contributed by atoms with Gasteiger partial charge in [-0.25, -0.2) is 0 Å². The van der Waals surface area contributed by atoms with E-state index in [4.69, 9.17) is 15.3 Å². The van der Waals surface area contributed by atoms with E-state index in [0.717, 1.165) is 0 Å². The Morgan fingerprint density at radius 2 is 1.34 bits per heavy atom. The molecular weight excluding hydrogens is 812 g/mol. The highest BCUT2D eigenvalue weighted by Crippen LogP contribution is 2.28. The van der Waals surface area contributed by atoms with Crippen molar-refractivity contribution < 1.29 is 67.7 Å². The van der Waals surface area contributed by atoms with Crippen LogP contribution in [0.25, 0.3) is 0 Å². The van der Waals surface area contributed by atoms with E-state index in [-0.39, 0.29) is 25.2 Å². The first-order chi connectivity index (χ1) is 28.9. The second kappa shape index (κ2) is 24.1. The third-order valence-electron chi connectivity index (χ3n) is 9.53. The van der Waals surface area contributed by atoms with Gasteiger partial charge in [0.1, 0.15) is 36.2 Å². The van der Waals surface area contributed by atoms with E-state index in [0.29, 0.717) is 28.1 Å². The van der Waals surface area contributed by atoms with Gasteiger partial charge < -0.3 is 51.5 Å². The van der Waals surface area contributed by atoms with Crippen molar-refractivity contribution in [3.8, 4) is 0 Å². The number of benzene rings is 1. The van der Waals surface area contributed by atoms with Crippen molar-refractivity contribution in [1.29, 1.82) is 0 Å². The molecule has 6 amide bonds. The van der Waals surface area contributed by atoms with Crippen LogP contribution >= 0.6 is 0 Å². The Balaban J connectivity index is 2.71. The molecule has 0 saturated carbocycles. The molecule has 20 heteroatoms. The number of carbonyl (C=O) groups excluding carboxylic acids is 7. The molecule has 62 heavy (non-hydrogen) atoms. The number of aryl methyl sites for hydroxylation is 1. The van der Waals surface area contributed by atoms with E-state index in [1.54, 1.807) is 57.2 Å². The standard InChI is InChI=1S/C42H58N6O14/c1-23(2)18-30(39(59)44-26(22-49)20-27-12-9-17-62-27)46-40(60)36(42(4,5)6)48(32(50)14-16-34(53)54)41(61)31(19-25-11-8-7-10-24(25)3)47-38(58)29(13-15-33(51)52)45-37(57)28(43)21-35(55)56/h7-12,17,22-23,26,28-31,36H,13-16,18-21,43H2,1-6H3,(H,44,59)(H,45,57)(H,46,60)(H,47,58)(H,51,52)(H,53,54)(H,55,56)/t26?,28-,29-,30-,31-,36+/m0/s1. The predicted molar refractivity (Wildman–Crippen MR) is 220 cm³/mol. The number of nitrogens with one attached hydrogen (secondary N) is 4. The molecule has 6 atom stereocenters. The van der Waals surface area contributed by atoms with Crippen LogP contribution in [0.2, 0.25) is 0 Å². The van der Waals surface area contributed by atoms with Gasteiger partial charge in [-0.15, -0.1) is 0 Å². The first kappa shape index (κ1) is 51.7. The van der Waals surface area contributed by atoms with Crippen LogP contribution in [0.1, 0.15) is 90.0 Å². The van der Waals surface area contributed by atoms with Crippen LogP contribution in [-0.2, 0) is 60.8 Å². The summed E-state index contributed by atoms with van der Waals surface area (Å²) in [4.78, 5) is 131. The molecule has 0 fully saturated rings. The lowest BCUT2D eigenvalue weighted by atomic mass is 9.83. The fraction of sp³-hybridized carbons (Fsp3) is 0.524. The fourth-order valence-corrected chi connectivity index (χ4v) is 6.44. The first-order valence-electron chi connectivity index (χ1n) is 20.0. The summed E-state index contributed by atoms with van der Waals surface area (Å²) >= 11 is 0. The molecule has 20 nitrogen and oxygen atoms in total. The minimum absolute atomic E-state index is 0.000456. The van der Waals surface area contributed by atoms with Gasteiger partial charge in [0.2, 0.25) is 29.5 Å². The van der Waals surface area contributed by atoms with Crippen LogP contribution < -0.4 is 27.0 Å². The Kier molecular flexibility index (Phi) is 20.1. The van der Waals surface area contributed by atoms with Crippen molar-refractivity contribution in [2.75, 3.05) is 0 Å². The number of aliphatic carboxylic acids is 3. The summed E-state index contributed by atoms with van der Waals surface area (Å²) in [5.74, 6) is -10.3. The number of aldehydes is 1. The van der Waals surface area contributed by atoms with Crippen LogP contribution in [0.4, 0.5) is 0 Å². The van der Waals surface area contributed by atoms with Gasteiger partial charge in [-0.1, -0.05) is 58.9 Å². The third kappa shape index (κ3) is 16.9. The Morgan fingerprint density at radius 3 is 1.87 bits per heavy atom. The summed E-state index contributed by atoms with van der Waals surface area (Å²) in [6, 6.07) is 0.646. The average Bonchev–Trinajstić information content (AvgIpc) is 3.69. The van der Waals surface area contributed by atoms with Gasteiger partial charge in [0.25, 0.3) is 5.91 Å². The zero-order chi connectivity index (χ0) is 46.9. The number of rotatable bonds is 25. The molecule has 1 aromatic carbocycles. The maximum Gasteiger partial charge on any atom is 0.305 e.